The number of hydrogen-bond acceptors (Lipinski definition) is 3. The van der Waals surface area contributed by atoms with Crippen molar-refractivity contribution in [3.05, 3.63) is 39.7 Å². The number of benzene rings is 1. The zero-order chi connectivity index (χ0) is 13.3. The summed E-state index contributed by atoms with van der Waals surface area (Å²) in [5.41, 5.74) is -0.474. The summed E-state index contributed by atoms with van der Waals surface area (Å²) in [4.78, 5) is 23.1. The van der Waals surface area contributed by atoms with Crippen molar-refractivity contribution in [2.45, 2.75) is 12.8 Å². The minimum atomic E-state index is -0.981. The third kappa shape index (κ3) is 2.64. The molecule has 1 amide bonds. The van der Waals surface area contributed by atoms with Gasteiger partial charge in [-0.3, -0.25) is 14.9 Å². The van der Waals surface area contributed by atoms with Crippen molar-refractivity contribution in [1.82, 2.24) is 4.90 Å². The Morgan fingerprint density at radius 1 is 1.56 bits per heavy atom. The molecule has 0 radical (unpaired) electrons. The van der Waals surface area contributed by atoms with Crippen LogP contribution in [0.15, 0.2) is 18.2 Å². The zero-order valence-corrected chi connectivity index (χ0v) is 9.93. The van der Waals surface area contributed by atoms with Crippen LogP contribution in [-0.4, -0.2) is 29.3 Å². The van der Waals surface area contributed by atoms with Gasteiger partial charge in [-0.2, -0.15) is 4.39 Å². The molecule has 0 heterocycles. The molecule has 5 nitrogen and oxygen atoms in total. The van der Waals surface area contributed by atoms with Crippen LogP contribution >= 0.6 is 0 Å². The van der Waals surface area contributed by atoms with E-state index in [4.69, 9.17) is 0 Å². The fourth-order valence-corrected chi connectivity index (χ4v) is 1.78. The van der Waals surface area contributed by atoms with Crippen LogP contribution in [0.3, 0.4) is 0 Å². The van der Waals surface area contributed by atoms with E-state index in [9.17, 15) is 19.3 Å². The molecule has 0 saturated heterocycles. The maximum atomic E-state index is 13.4. The third-order valence-electron chi connectivity index (χ3n) is 2.97. The topological polar surface area (TPSA) is 63.5 Å². The Hall–Kier alpha value is -1.98. The molecule has 2 rings (SSSR count). The number of nitro groups is 1. The largest absolute Gasteiger partial charge is 0.341 e. The van der Waals surface area contributed by atoms with Crippen LogP contribution < -0.4 is 0 Å². The van der Waals surface area contributed by atoms with Gasteiger partial charge in [-0.1, -0.05) is 0 Å². The molecule has 1 aromatic rings. The highest BCUT2D eigenvalue weighted by Gasteiger charge is 2.26. The lowest BCUT2D eigenvalue weighted by molar-refractivity contribution is -0.387. The molecule has 1 aliphatic carbocycles. The lowest BCUT2D eigenvalue weighted by atomic mass is 10.1. The molecule has 0 bridgehead atoms. The lowest BCUT2D eigenvalue weighted by Crippen LogP contribution is -2.28. The first-order valence-electron chi connectivity index (χ1n) is 5.68. The van der Waals surface area contributed by atoms with Crippen molar-refractivity contribution in [3.8, 4) is 0 Å². The van der Waals surface area contributed by atoms with Crippen molar-refractivity contribution < 1.29 is 14.1 Å². The molecule has 0 aliphatic heterocycles. The molecule has 0 atom stereocenters. The molecule has 0 spiro atoms. The molecule has 1 aliphatic rings. The van der Waals surface area contributed by atoms with Crippen molar-refractivity contribution in [2.24, 2.45) is 5.92 Å². The van der Waals surface area contributed by atoms with Gasteiger partial charge in [0, 0.05) is 25.2 Å². The van der Waals surface area contributed by atoms with E-state index >= 15 is 0 Å². The minimum Gasteiger partial charge on any atom is -0.341 e. The van der Waals surface area contributed by atoms with Crippen molar-refractivity contribution in [3.63, 3.8) is 0 Å². The second-order valence-corrected chi connectivity index (χ2v) is 4.55. The molecular weight excluding hydrogens is 239 g/mol. The highest BCUT2D eigenvalue weighted by Crippen LogP contribution is 2.29. The quantitative estimate of drug-likeness (QED) is 0.609. The first-order chi connectivity index (χ1) is 8.49. The highest BCUT2D eigenvalue weighted by atomic mass is 19.1. The Morgan fingerprint density at radius 3 is 2.72 bits per heavy atom. The fourth-order valence-electron chi connectivity index (χ4n) is 1.78. The van der Waals surface area contributed by atoms with Crippen LogP contribution in [0.5, 0.6) is 0 Å². The number of hydrogen-bond donors (Lipinski definition) is 0. The van der Waals surface area contributed by atoms with E-state index in [0.29, 0.717) is 12.5 Å². The van der Waals surface area contributed by atoms with Crippen LogP contribution in [0.4, 0.5) is 10.1 Å². The molecule has 1 saturated carbocycles. The first kappa shape index (κ1) is 12.5. The maximum absolute atomic E-state index is 13.4. The van der Waals surface area contributed by atoms with Crippen molar-refractivity contribution >= 4 is 11.6 Å². The van der Waals surface area contributed by atoms with E-state index in [0.717, 1.165) is 25.0 Å². The normalized spacial score (nSPS) is 14.3. The molecule has 18 heavy (non-hydrogen) atoms. The monoisotopic (exact) mass is 252 g/mol. The van der Waals surface area contributed by atoms with Gasteiger partial charge in [0.15, 0.2) is 0 Å². The summed E-state index contributed by atoms with van der Waals surface area (Å²) in [6, 6.07) is 3.23. The molecule has 1 fully saturated rings. The van der Waals surface area contributed by atoms with Gasteiger partial charge in [-0.05, 0) is 30.9 Å². The Labute approximate surface area is 103 Å². The molecule has 1 aromatic carbocycles. The van der Waals surface area contributed by atoms with E-state index in [-0.39, 0.29) is 11.5 Å². The van der Waals surface area contributed by atoms with Gasteiger partial charge in [-0.25, -0.2) is 0 Å². The van der Waals surface area contributed by atoms with Gasteiger partial charge < -0.3 is 4.90 Å². The summed E-state index contributed by atoms with van der Waals surface area (Å²) in [6.07, 6.45) is 2.23. The van der Waals surface area contributed by atoms with Gasteiger partial charge in [0.25, 0.3) is 5.91 Å². The molecule has 6 heteroatoms. The number of carbonyl (C=O) groups excluding carboxylic acids is 1. The molecular formula is C12H13FN2O3. The Balaban J connectivity index is 2.14. The average molecular weight is 252 g/mol. The standard InChI is InChI=1S/C12H13FN2O3/c1-14(7-8-2-3-8)12(16)9-4-5-11(15(17)18)10(13)6-9/h4-6,8H,2-3,7H2,1H3. The Bertz CT molecular complexity index is 500. The van der Waals surface area contributed by atoms with E-state index in [1.807, 2.05) is 0 Å². The predicted octanol–water partition coefficient (Wildman–Crippen LogP) is 2.22. The molecule has 0 unspecified atom stereocenters. The smallest absolute Gasteiger partial charge is 0.304 e. The molecule has 0 aromatic heterocycles. The number of halogens is 1. The van der Waals surface area contributed by atoms with Gasteiger partial charge >= 0.3 is 5.69 Å². The summed E-state index contributed by atoms with van der Waals surface area (Å²) >= 11 is 0. The summed E-state index contributed by atoms with van der Waals surface area (Å²) < 4.78 is 13.4. The van der Waals surface area contributed by atoms with Crippen LogP contribution in [-0.2, 0) is 0 Å². The van der Waals surface area contributed by atoms with Gasteiger partial charge in [0.2, 0.25) is 5.82 Å². The summed E-state index contributed by atoms with van der Waals surface area (Å²) in [7, 11) is 1.65. The third-order valence-corrected chi connectivity index (χ3v) is 2.97. The van der Waals surface area contributed by atoms with E-state index in [1.165, 1.54) is 11.0 Å². The number of rotatable bonds is 4. The number of amides is 1. The molecule has 0 N–H and O–H groups in total. The lowest BCUT2D eigenvalue weighted by Gasteiger charge is -2.16. The predicted molar refractivity (Wildman–Crippen MR) is 62.7 cm³/mol. The van der Waals surface area contributed by atoms with Gasteiger partial charge in [-0.15, -0.1) is 0 Å². The van der Waals surface area contributed by atoms with E-state index in [2.05, 4.69) is 0 Å². The summed E-state index contributed by atoms with van der Waals surface area (Å²) in [5, 5.41) is 10.5. The van der Waals surface area contributed by atoms with Crippen LogP contribution in [0.2, 0.25) is 0 Å². The maximum Gasteiger partial charge on any atom is 0.304 e. The zero-order valence-electron chi connectivity index (χ0n) is 9.93. The van der Waals surface area contributed by atoms with Crippen molar-refractivity contribution in [1.29, 1.82) is 0 Å². The summed E-state index contributed by atoms with van der Waals surface area (Å²) in [5.74, 6) is -0.747. The fraction of sp³-hybridized carbons (Fsp3) is 0.417. The Kier molecular flexibility index (Phi) is 3.27. The highest BCUT2D eigenvalue weighted by molar-refractivity contribution is 5.94. The van der Waals surface area contributed by atoms with Crippen LogP contribution in [0.1, 0.15) is 23.2 Å². The van der Waals surface area contributed by atoms with E-state index < -0.39 is 16.4 Å². The Morgan fingerprint density at radius 2 is 2.22 bits per heavy atom. The van der Waals surface area contributed by atoms with Gasteiger partial charge in [0.1, 0.15) is 0 Å². The number of nitro benzene ring substituents is 1. The van der Waals surface area contributed by atoms with Crippen LogP contribution in [0, 0.1) is 21.8 Å². The minimum absolute atomic E-state index is 0.140. The van der Waals surface area contributed by atoms with E-state index in [1.54, 1.807) is 7.05 Å². The van der Waals surface area contributed by atoms with Gasteiger partial charge in [0.05, 0.1) is 4.92 Å². The second kappa shape index (κ2) is 4.72. The van der Waals surface area contributed by atoms with Crippen LogP contribution in [0.25, 0.3) is 0 Å². The second-order valence-electron chi connectivity index (χ2n) is 4.55. The SMILES string of the molecule is CN(CC1CC1)C(=O)c1ccc([N+](=O)[O-])c(F)c1. The number of carbonyl (C=O) groups is 1. The summed E-state index contributed by atoms with van der Waals surface area (Å²) in [6.45, 7) is 0.650. The first-order valence-corrected chi connectivity index (χ1v) is 5.68. The molecule has 96 valence electrons. The number of nitrogens with zero attached hydrogens (tertiary/aromatic N) is 2. The average Bonchev–Trinajstić information content (AvgIpc) is 3.11. The van der Waals surface area contributed by atoms with Crippen molar-refractivity contribution in [2.75, 3.05) is 13.6 Å².